The van der Waals surface area contributed by atoms with Gasteiger partial charge in [0.05, 0.1) is 18.2 Å². The van der Waals surface area contributed by atoms with E-state index < -0.39 is 12.2 Å². The number of benzene rings is 1. The van der Waals surface area contributed by atoms with Gasteiger partial charge in [0.2, 0.25) is 0 Å². The number of carbonyl (C=O) groups is 1. The highest BCUT2D eigenvalue weighted by Crippen LogP contribution is 2.39. The summed E-state index contributed by atoms with van der Waals surface area (Å²) in [5.74, 6) is 1.18. The lowest BCUT2D eigenvalue weighted by molar-refractivity contribution is -0.172. The zero-order chi connectivity index (χ0) is 21.3. The van der Waals surface area contributed by atoms with Crippen molar-refractivity contribution in [3.63, 3.8) is 0 Å². The largest absolute Gasteiger partial charge is 0.497 e. The molecule has 1 aromatic carbocycles. The van der Waals surface area contributed by atoms with E-state index >= 15 is 0 Å². The molecule has 0 spiro atoms. The highest BCUT2D eigenvalue weighted by molar-refractivity contribution is 7.12. The van der Waals surface area contributed by atoms with E-state index in [4.69, 9.17) is 9.47 Å². The quantitative estimate of drug-likeness (QED) is 0.581. The minimum absolute atomic E-state index is 0.0235. The van der Waals surface area contributed by atoms with Gasteiger partial charge in [-0.25, -0.2) is 4.68 Å². The van der Waals surface area contributed by atoms with E-state index in [1.807, 2.05) is 0 Å². The van der Waals surface area contributed by atoms with Gasteiger partial charge in [0.1, 0.15) is 23.9 Å². The number of fused-ring (bicyclic) bond motifs is 1. The van der Waals surface area contributed by atoms with E-state index in [2.05, 4.69) is 5.10 Å². The smallest absolute Gasteiger partial charge is 0.410 e. The molecule has 3 aromatic rings. The second-order valence-electron chi connectivity index (χ2n) is 6.72. The number of ether oxygens (including phenoxy) is 2. The standard InChI is InChI=1S/C20H18F3N3O3S/c1-28-14-2-4-15(5-3-14)29-11-13-10-16(30-12-13)19(27)25-9-7-17(20(21,22)23)26-18(25)6-8-24-26/h2-6,8,10,12,17H,7,9,11H2,1H3. The number of methoxy groups -OCH3 is 1. The maximum atomic E-state index is 13.2. The summed E-state index contributed by atoms with van der Waals surface area (Å²) >= 11 is 1.23. The van der Waals surface area contributed by atoms with E-state index in [1.165, 1.54) is 28.5 Å². The van der Waals surface area contributed by atoms with Crippen LogP contribution in [0.3, 0.4) is 0 Å². The molecule has 1 amide bonds. The summed E-state index contributed by atoms with van der Waals surface area (Å²) in [5.41, 5.74) is 0.804. The molecule has 0 aliphatic carbocycles. The Bertz CT molecular complexity index is 1030. The summed E-state index contributed by atoms with van der Waals surface area (Å²) in [6, 6.07) is 8.54. The first kappa shape index (κ1) is 20.3. The summed E-state index contributed by atoms with van der Waals surface area (Å²) in [7, 11) is 1.58. The second-order valence-corrected chi connectivity index (χ2v) is 7.63. The fourth-order valence-corrected chi connectivity index (χ4v) is 4.14. The van der Waals surface area contributed by atoms with Crippen molar-refractivity contribution in [3.05, 3.63) is 58.4 Å². The zero-order valence-corrected chi connectivity index (χ0v) is 16.7. The molecular formula is C20H18F3N3O3S. The summed E-state index contributed by atoms with van der Waals surface area (Å²) in [4.78, 5) is 14.7. The first-order valence-electron chi connectivity index (χ1n) is 9.13. The Labute approximate surface area is 174 Å². The van der Waals surface area contributed by atoms with E-state index in [-0.39, 0.29) is 31.3 Å². The molecule has 10 heteroatoms. The summed E-state index contributed by atoms with van der Waals surface area (Å²) in [6.45, 7) is 0.245. The SMILES string of the molecule is COc1ccc(OCc2csc(C(=O)N3CCC(C(F)(F)F)n4nccc43)c2)cc1. The van der Waals surface area contributed by atoms with Gasteiger partial charge in [0, 0.05) is 18.2 Å². The molecular weight excluding hydrogens is 419 g/mol. The van der Waals surface area contributed by atoms with Crippen LogP contribution in [0.5, 0.6) is 11.5 Å². The molecule has 1 aliphatic rings. The van der Waals surface area contributed by atoms with Gasteiger partial charge in [0.25, 0.3) is 5.91 Å². The van der Waals surface area contributed by atoms with Crippen molar-refractivity contribution in [2.24, 2.45) is 0 Å². The van der Waals surface area contributed by atoms with Gasteiger partial charge < -0.3 is 9.47 Å². The normalized spacial score (nSPS) is 16.3. The predicted octanol–water partition coefficient (Wildman–Crippen LogP) is 4.69. The topological polar surface area (TPSA) is 56.6 Å². The number of thiophene rings is 1. The van der Waals surface area contributed by atoms with Gasteiger partial charge in [-0.2, -0.15) is 18.3 Å². The van der Waals surface area contributed by atoms with Crippen molar-refractivity contribution in [2.75, 3.05) is 18.6 Å². The first-order valence-corrected chi connectivity index (χ1v) is 10.0. The van der Waals surface area contributed by atoms with Crippen molar-refractivity contribution in [2.45, 2.75) is 25.2 Å². The molecule has 0 bridgehead atoms. The molecule has 1 unspecified atom stereocenters. The number of carbonyl (C=O) groups excluding carboxylic acids is 1. The summed E-state index contributed by atoms with van der Waals surface area (Å²) in [6.07, 6.45) is -3.37. The number of hydrogen-bond donors (Lipinski definition) is 0. The minimum atomic E-state index is -4.41. The second kappa shape index (κ2) is 8.02. The molecule has 3 heterocycles. The van der Waals surface area contributed by atoms with Crippen LogP contribution in [0.15, 0.2) is 48.0 Å². The Balaban J connectivity index is 1.45. The molecule has 158 valence electrons. The molecule has 0 radical (unpaired) electrons. The fraction of sp³-hybridized carbons (Fsp3) is 0.300. The van der Waals surface area contributed by atoms with E-state index in [0.29, 0.717) is 10.6 Å². The van der Waals surface area contributed by atoms with Gasteiger partial charge in [-0.15, -0.1) is 11.3 Å². The van der Waals surface area contributed by atoms with Crippen molar-refractivity contribution < 1.29 is 27.4 Å². The maximum absolute atomic E-state index is 13.2. The summed E-state index contributed by atoms with van der Waals surface area (Å²) < 4.78 is 51.4. The number of alkyl halides is 3. The number of halogens is 3. The van der Waals surface area contributed by atoms with Crippen LogP contribution in [0, 0.1) is 0 Å². The Kier molecular flexibility index (Phi) is 5.42. The van der Waals surface area contributed by atoms with E-state index in [0.717, 1.165) is 16.0 Å². The van der Waals surface area contributed by atoms with Crippen LogP contribution >= 0.6 is 11.3 Å². The third-order valence-corrected chi connectivity index (χ3v) is 5.77. The highest BCUT2D eigenvalue weighted by atomic mass is 32.1. The van der Waals surface area contributed by atoms with Crippen LogP contribution in [-0.4, -0.2) is 35.5 Å². The molecule has 0 N–H and O–H groups in total. The number of anilines is 1. The zero-order valence-electron chi connectivity index (χ0n) is 15.9. The van der Waals surface area contributed by atoms with Gasteiger partial charge in [-0.05, 0) is 42.1 Å². The molecule has 0 saturated carbocycles. The van der Waals surface area contributed by atoms with Gasteiger partial charge in [-0.3, -0.25) is 9.69 Å². The van der Waals surface area contributed by atoms with Crippen molar-refractivity contribution in [1.82, 2.24) is 9.78 Å². The monoisotopic (exact) mass is 437 g/mol. The van der Waals surface area contributed by atoms with Gasteiger partial charge in [0.15, 0.2) is 6.04 Å². The Hall–Kier alpha value is -3.01. The number of nitrogens with zero attached hydrogens (tertiary/aromatic N) is 3. The lowest BCUT2D eigenvalue weighted by Gasteiger charge is -2.33. The van der Waals surface area contributed by atoms with Crippen LogP contribution in [-0.2, 0) is 6.61 Å². The fourth-order valence-electron chi connectivity index (χ4n) is 3.29. The third kappa shape index (κ3) is 4.00. The molecule has 1 atom stereocenters. The maximum Gasteiger partial charge on any atom is 0.410 e. The van der Waals surface area contributed by atoms with Crippen LogP contribution in [0.1, 0.15) is 27.7 Å². The van der Waals surface area contributed by atoms with Crippen molar-refractivity contribution in [1.29, 1.82) is 0 Å². The lowest BCUT2D eigenvalue weighted by Crippen LogP contribution is -2.42. The number of aromatic nitrogens is 2. The van der Waals surface area contributed by atoms with Crippen LogP contribution in [0.25, 0.3) is 0 Å². The van der Waals surface area contributed by atoms with Gasteiger partial charge >= 0.3 is 6.18 Å². The highest BCUT2D eigenvalue weighted by Gasteiger charge is 2.45. The molecule has 0 fully saturated rings. The molecule has 0 saturated heterocycles. The molecule has 1 aliphatic heterocycles. The number of rotatable bonds is 5. The average molecular weight is 437 g/mol. The number of amides is 1. The molecule has 4 rings (SSSR count). The van der Waals surface area contributed by atoms with E-state index in [1.54, 1.807) is 42.8 Å². The average Bonchev–Trinajstić information content (AvgIpc) is 3.40. The minimum Gasteiger partial charge on any atom is -0.497 e. The van der Waals surface area contributed by atoms with Crippen LogP contribution < -0.4 is 14.4 Å². The predicted molar refractivity (Wildman–Crippen MR) is 105 cm³/mol. The Morgan fingerprint density at radius 3 is 2.67 bits per heavy atom. The van der Waals surface area contributed by atoms with E-state index in [9.17, 15) is 18.0 Å². The van der Waals surface area contributed by atoms with Crippen molar-refractivity contribution >= 4 is 23.1 Å². The Morgan fingerprint density at radius 1 is 1.23 bits per heavy atom. The van der Waals surface area contributed by atoms with Crippen LogP contribution in [0.4, 0.5) is 19.0 Å². The van der Waals surface area contributed by atoms with Gasteiger partial charge in [-0.1, -0.05) is 0 Å². The molecule has 2 aromatic heterocycles. The Morgan fingerprint density at radius 2 is 1.97 bits per heavy atom. The van der Waals surface area contributed by atoms with Crippen LogP contribution in [0.2, 0.25) is 0 Å². The van der Waals surface area contributed by atoms with Crippen molar-refractivity contribution in [3.8, 4) is 11.5 Å². The summed E-state index contributed by atoms with van der Waals surface area (Å²) in [5, 5.41) is 5.59. The molecule has 30 heavy (non-hydrogen) atoms. The first-order chi connectivity index (χ1) is 14.4. The number of hydrogen-bond acceptors (Lipinski definition) is 5. The molecule has 6 nitrogen and oxygen atoms in total. The third-order valence-electron chi connectivity index (χ3n) is 4.80. The lowest BCUT2D eigenvalue weighted by atomic mass is 10.1.